The standard InChI is InChI=1S/C17H12BrN3O/c1-22-16-7-6-11(9-13(16)18)8-12(10-19)17-20-14-4-2-3-5-15(14)21-17/h2-9H,1H3,(H,20,21)/b12-8-. The highest BCUT2D eigenvalue weighted by Gasteiger charge is 2.08. The Balaban J connectivity index is 2.03. The number of ether oxygens (including phenoxy) is 1. The number of methoxy groups -OCH3 is 1. The molecule has 2 aromatic carbocycles. The molecule has 0 spiro atoms. The summed E-state index contributed by atoms with van der Waals surface area (Å²) >= 11 is 3.44. The molecular formula is C17H12BrN3O. The van der Waals surface area contributed by atoms with E-state index in [2.05, 4.69) is 32.0 Å². The van der Waals surface area contributed by atoms with Crippen LogP contribution in [0, 0.1) is 11.3 Å². The highest BCUT2D eigenvalue weighted by molar-refractivity contribution is 9.10. The lowest BCUT2D eigenvalue weighted by atomic mass is 10.1. The van der Waals surface area contributed by atoms with Crippen LogP contribution in [-0.2, 0) is 0 Å². The second-order valence-electron chi connectivity index (χ2n) is 4.67. The van der Waals surface area contributed by atoms with Crippen molar-refractivity contribution < 1.29 is 4.74 Å². The average Bonchev–Trinajstić information content (AvgIpc) is 2.96. The first kappa shape index (κ1) is 14.4. The summed E-state index contributed by atoms with van der Waals surface area (Å²) in [6.45, 7) is 0. The van der Waals surface area contributed by atoms with Crippen LogP contribution in [0.15, 0.2) is 46.9 Å². The van der Waals surface area contributed by atoms with Gasteiger partial charge in [-0.25, -0.2) is 4.98 Å². The Labute approximate surface area is 136 Å². The molecule has 3 aromatic rings. The molecule has 0 aliphatic heterocycles. The Kier molecular flexibility index (Phi) is 3.94. The molecule has 4 nitrogen and oxygen atoms in total. The molecule has 0 bridgehead atoms. The maximum Gasteiger partial charge on any atom is 0.149 e. The number of nitrogens with zero attached hydrogens (tertiary/aromatic N) is 2. The van der Waals surface area contributed by atoms with E-state index in [0.717, 1.165) is 26.8 Å². The number of rotatable bonds is 3. The third-order valence-electron chi connectivity index (χ3n) is 3.25. The van der Waals surface area contributed by atoms with E-state index in [4.69, 9.17) is 4.74 Å². The molecule has 1 N–H and O–H groups in total. The Morgan fingerprint density at radius 3 is 2.82 bits per heavy atom. The van der Waals surface area contributed by atoms with Crippen molar-refractivity contribution in [1.82, 2.24) is 9.97 Å². The number of para-hydroxylation sites is 2. The average molecular weight is 354 g/mol. The molecular weight excluding hydrogens is 342 g/mol. The number of allylic oxidation sites excluding steroid dienone is 1. The van der Waals surface area contributed by atoms with Crippen LogP contribution in [0.4, 0.5) is 0 Å². The molecule has 1 heterocycles. The van der Waals surface area contributed by atoms with Gasteiger partial charge in [-0.2, -0.15) is 5.26 Å². The van der Waals surface area contributed by atoms with Crippen LogP contribution in [0.2, 0.25) is 0 Å². The molecule has 22 heavy (non-hydrogen) atoms. The zero-order valence-electron chi connectivity index (χ0n) is 11.8. The summed E-state index contributed by atoms with van der Waals surface area (Å²) in [5, 5.41) is 9.42. The molecule has 108 valence electrons. The number of nitrogens with one attached hydrogen (secondary N) is 1. The van der Waals surface area contributed by atoms with Gasteiger partial charge in [-0.05, 0) is 51.8 Å². The molecule has 0 amide bonds. The maximum absolute atomic E-state index is 9.42. The Morgan fingerprint density at radius 1 is 1.32 bits per heavy atom. The molecule has 0 unspecified atom stereocenters. The summed E-state index contributed by atoms with van der Waals surface area (Å²) in [5.41, 5.74) is 3.13. The van der Waals surface area contributed by atoms with E-state index in [9.17, 15) is 5.26 Å². The van der Waals surface area contributed by atoms with E-state index in [1.54, 1.807) is 13.2 Å². The molecule has 1 aromatic heterocycles. The van der Waals surface area contributed by atoms with Crippen LogP contribution >= 0.6 is 15.9 Å². The maximum atomic E-state index is 9.42. The SMILES string of the molecule is COc1ccc(/C=C(/C#N)c2nc3ccccc3[nH]2)cc1Br. The minimum Gasteiger partial charge on any atom is -0.496 e. The van der Waals surface area contributed by atoms with Gasteiger partial charge in [0.2, 0.25) is 0 Å². The van der Waals surface area contributed by atoms with Crippen LogP contribution in [0.1, 0.15) is 11.4 Å². The van der Waals surface area contributed by atoms with Gasteiger partial charge in [0.15, 0.2) is 0 Å². The van der Waals surface area contributed by atoms with Gasteiger partial charge in [-0.1, -0.05) is 18.2 Å². The van der Waals surface area contributed by atoms with Crippen molar-refractivity contribution >= 4 is 38.6 Å². The van der Waals surface area contributed by atoms with Crippen LogP contribution < -0.4 is 4.74 Å². The molecule has 0 radical (unpaired) electrons. The number of imidazole rings is 1. The number of aromatic amines is 1. The topological polar surface area (TPSA) is 61.7 Å². The number of H-pyrrole nitrogens is 1. The largest absolute Gasteiger partial charge is 0.496 e. The molecule has 5 heteroatoms. The first-order chi connectivity index (χ1) is 10.7. The Hall–Kier alpha value is -2.58. The number of benzene rings is 2. The molecule has 0 aliphatic rings. The van der Waals surface area contributed by atoms with Crippen molar-refractivity contribution in [2.24, 2.45) is 0 Å². The minimum absolute atomic E-state index is 0.480. The van der Waals surface area contributed by atoms with Gasteiger partial charge in [-0.15, -0.1) is 0 Å². The van der Waals surface area contributed by atoms with E-state index in [0.29, 0.717) is 11.4 Å². The number of hydrogen-bond acceptors (Lipinski definition) is 3. The van der Waals surface area contributed by atoms with Gasteiger partial charge in [0, 0.05) is 0 Å². The highest BCUT2D eigenvalue weighted by Crippen LogP contribution is 2.27. The molecule has 0 atom stereocenters. The van der Waals surface area contributed by atoms with Gasteiger partial charge in [0.05, 0.1) is 28.2 Å². The zero-order valence-corrected chi connectivity index (χ0v) is 13.4. The number of hydrogen-bond donors (Lipinski definition) is 1. The Morgan fingerprint density at radius 2 is 2.14 bits per heavy atom. The van der Waals surface area contributed by atoms with E-state index in [1.165, 1.54) is 0 Å². The van der Waals surface area contributed by atoms with Crippen LogP contribution in [-0.4, -0.2) is 17.1 Å². The van der Waals surface area contributed by atoms with Crippen LogP contribution in [0.25, 0.3) is 22.7 Å². The van der Waals surface area contributed by atoms with Crippen molar-refractivity contribution in [2.75, 3.05) is 7.11 Å². The number of halogens is 1. The molecule has 0 saturated heterocycles. The summed E-state index contributed by atoms with van der Waals surface area (Å²) < 4.78 is 6.04. The minimum atomic E-state index is 0.480. The fourth-order valence-electron chi connectivity index (χ4n) is 2.17. The van der Waals surface area contributed by atoms with E-state index < -0.39 is 0 Å². The third-order valence-corrected chi connectivity index (χ3v) is 3.87. The normalized spacial score (nSPS) is 11.4. The second-order valence-corrected chi connectivity index (χ2v) is 5.52. The van der Waals surface area contributed by atoms with E-state index in [1.807, 2.05) is 42.5 Å². The summed E-state index contributed by atoms with van der Waals surface area (Å²) in [7, 11) is 1.62. The fourth-order valence-corrected chi connectivity index (χ4v) is 2.73. The van der Waals surface area contributed by atoms with Crippen molar-refractivity contribution in [3.05, 3.63) is 58.3 Å². The highest BCUT2D eigenvalue weighted by atomic mass is 79.9. The van der Waals surface area contributed by atoms with E-state index in [-0.39, 0.29) is 0 Å². The summed E-state index contributed by atoms with van der Waals surface area (Å²) in [5.74, 6) is 1.31. The predicted octanol–water partition coefficient (Wildman–Crippen LogP) is 4.40. The van der Waals surface area contributed by atoms with Crippen molar-refractivity contribution in [2.45, 2.75) is 0 Å². The quantitative estimate of drug-likeness (QED) is 0.709. The second kappa shape index (κ2) is 6.04. The smallest absolute Gasteiger partial charge is 0.149 e. The lowest BCUT2D eigenvalue weighted by molar-refractivity contribution is 0.412. The van der Waals surface area contributed by atoms with Gasteiger partial charge < -0.3 is 9.72 Å². The van der Waals surface area contributed by atoms with Crippen molar-refractivity contribution in [3.8, 4) is 11.8 Å². The lowest BCUT2D eigenvalue weighted by Crippen LogP contribution is -1.87. The first-order valence-electron chi connectivity index (χ1n) is 6.61. The molecule has 0 saturated carbocycles. The molecule has 0 aliphatic carbocycles. The monoisotopic (exact) mass is 353 g/mol. The van der Waals surface area contributed by atoms with Gasteiger partial charge in [-0.3, -0.25) is 0 Å². The van der Waals surface area contributed by atoms with Gasteiger partial charge >= 0.3 is 0 Å². The van der Waals surface area contributed by atoms with E-state index >= 15 is 0 Å². The summed E-state index contributed by atoms with van der Waals surface area (Å²) in [6, 6.07) is 15.5. The number of fused-ring (bicyclic) bond motifs is 1. The lowest BCUT2D eigenvalue weighted by Gasteiger charge is -2.03. The van der Waals surface area contributed by atoms with Gasteiger partial charge in [0.1, 0.15) is 17.6 Å². The third kappa shape index (κ3) is 2.74. The van der Waals surface area contributed by atoms with Crippen LogP contribution in [0.5, 0.6) is 5.75 Å². The van der Waals surface area contributed by atoms with Crippen molar-refractivity contribution in [3.63, 3.8) is 0 Å². The zero-order chi connectivity index (χ0) is 15.5. The number of aromatic nitrogens is 2. The molecule has 0 fully saturated rings. The summed E-state index contributed by atoms with van der Waals surface area (Å²) in [4.78, 5) is 7.62. The summed E-state index contributed by atoms with van der Waals surface area (Å²) in [6.07, 6.45) is 1.79. The predicted molar refractivity (Wildman–Crippen MR) is 90.3 cm³/mol. The van der Waals surface area contributed by atoms with Crippen molar-refractivity contribution in [1.29, 1.82) is 5.26 Å². The number of nitriles is 1. The van der Waals surface area contributed by atoms with Crippen LogP contribution in [0.3, 0.4) is 0 Å². The molecule has 3 rings (SSSR count). The first-order valence-corrected chi connectivity index (χ1v) is 7.41. The van der Waals surface area contributed by atoms with Gasteiger partial charge in [0.25, 0.3) is 0 Å². The fraction of sp³-hybridized carbons (Fsp3) is 0.0588. The Bertz CT molecular complexity index is 873.